The quantitative estimate of drug-likeness (QED) is 0.367. The van der Waals surface area contributed by atoms with Gasteiger partial charge in [0.1, 0.15) is 22.6 Å². The van der Waals surface area contributed by atoms with Gasteiger partial charge in [0.25, 0.3) is 0 Å². The summed E-state index contributed by atoms with van der Waals surface area (Å²) in [7, 11) is 0. The van der Waals surface area contributed by atoms with Gasteiger partial charge in [0, 0.05) is 12.5 Å². The normalized spacial score (nSPS) is 22.0. The first-order valence-corrected chi connectivity index (χ1v) is 9.85. The molecule has 2 heterocycles. The maximum atomic E-state index is 12.8. The summed E-state index contributed by atoms with van der Waals surface area (Å²) in [5.74, 6) is -3.32. The number of esters is 3. The third kappa shape index (κ3) is 4.47. The molecule has 0 spiro atoms. The van der Waals surface area contributed by atoms with E-state index in [4.69, 9.17) is 14.2 Å². The molecule has 2 atom stereocenters. The highest BCUT2D eigenvalue weighted by Crippen LogP contribution is 2.49. The van der Waals surface area contributed by atoms with Crippen LogP contribution in [0.2, 0.25) is 0 Å². The fraction of sp³-hybridized carbons (Fsp3) is 0.632. The number of nitrogens with zero attached hydrogens (tertiary/aromatic N) is 1. The maximum absolute atomic E-state index is 12.8. The van der Waals surface area contributed by atoms with Crippen molar-refractivity contribution in [1.29, 1.82) is 0 Å². The molecule has 0 aliphatic carbocycles. The lowest BCUT2D eigenvalue weighted by Gasteiger charge is -2.53. The predicted molar refractivity (Wildman–Crippen MR) is 102 cm³/mol. The lowest BCUT2D eigenvalue weighted by molar-refractivity contribution is -0.182. The van der Waals surface area contributed by atoms with Gasteiger partial charge in [0.2, 0.25) is 17.8 Å². The van der Waals surface area contributed by atoms with Crippen LogP contribution in [0.4, 0.5) is 0 Å². The lowest BCUT2D eigenvalue weighted by atomic mass is 9.81. The first-order valence-electron chi connectivity index (χ1n) is 8.97. The number of hydrogen-bond donors (Lipinski definition) is 0. The summed E-state index contributed by atoms with van der Waals surface area (Å²) in [6, 6.07) is 0. The minimum absolute atomic E-state index is 0.0653. The standard InChI is InChI=1S/C19H25NO8S/c1-9-12(15(23)26-8-27-17(25)18(3,4)5)20-13(22)11(14(20)29-16(9)24)19(6,7)28-10(2)21/h11,14H,8H2,1-7H3/t11-,14-/m0/s1. The second kappa shape index (κ2) is 7.81. The molecule has 0 aromatic heterocycles. The fourth-order valence-electron chi connectivity index (χ4n) is 3.05. The topological polar surface area (TPSA) is 116 Å². The van der Waals surface area contributed by atoms with E-state index < -0.39 is 52.9 Å². The molecule has 9 nitrogen and oxygen atoms in total. The van der Waals surface area contributed by atoms with Crippen molar-refractivity contribution in [3.8, 4) is 0 Å². The van der Waals surface area contributed by atoms with Gasteiger partial charge in [-0.3, -0.25) is 24.1 Å². The van der Waals surface area contributed by atoms with Crippen molar-refractivity contribution in [2.75, 3.05) is 6.79 Å². The molecule has 0 saturated carbocycles. The molecule has 0 radical (unpaired) electrons. The zero-order valence-corrected chi connectivity index (χ0v) is 18.3. The van der Waals surface area contributed by atoms with E-state index in [2.05, 4.69) is 0 Å². The molecule has 2 aliphatic heterocycles. The molecule has 0 aromatic rings. The maximum Gasteiger partial charge on any atom is 0.358 e. The summed E-state index contributed by atoms with van der Waals surface area (Å²) in [4.78, 5) is 62.0. The second-order valence-corrected chi connectivity index (χ2v) is 9.47. The van der Waals surface area contributed by atoms with Gasteiger partial charge in [-0.05, 0) is 41.5 Å². The van der Waals surface area contributed by atoms with E-state index in [1.807, 2.05) is 0 Å². The van der Waals surface area contributed by atoms with Crippen LogP contribution in [0.15, 0.2) is 11.3 Å². The minimum atomic E-state index is -1.15. The molecule has 0 unspecified atom stereocenters. The van der Waals surface area contributed by atoms with Crippen LogP contribution in [-0.4, -0.2) is 51.6 Å². The van der Waals surface area contributed by atoms with Gasteiger partial charge in [0.05, 0.1) is 5.41 Å². The largest absolute Gasteiger partial charge is 0.459 e. The number of thioether (sulfide) groups is 1. The number of ether oxygens (including phenoxy) is 3. The van der Waals surface area contributed by atoms with Gasteiger partial charge in [-0.15, -0.1) is 0 Å². The van der Waals surface area contributed by atoms with Crippen molar-refractivity contribution in [2.45, 2.75) is 59.4 Å². The van der Waals surface area contributed by atoms with E-state index in [1.54, 1.807) is 34.6 Å². The Balaban J connectivity index is 2.17. The Morgan fingerprint density at radius 1 is 1.07 bits per heavy atom. The third-order valence-electron chi connectivity index (χ3n) is 4.51. The number of hydrogen-bond acceptors (Lipinski definition) is 9. The highest BCUT2D eigenvalue weighted by Gasteiger charge is 2.61. The zero-order valence-electron chi connectivity index (χ0n) is 17.5. The molecular weight excluding hydrogens is 402 g/mol. The zero-order chi connectivity index (χ0) is 22.3. The molecular formula is C19H25NO8S. The molecule has 10 heteroatoms. The number of β-lactam (4-membered cyclic amide) rings is 1. The number of carbonyl (C=O) groups is 5. The summed E-state index contributed by atoms with van der Waals surface area (Å²) >= 11 is 0.887. The van der Waals surface area contributed by atoms with E-state index in [9.17, 15) is 24.0 Å². The average Bonchev–Trinajstić information content (AvgIpc) is 2.54. The molecule has 1 amide bonds. The minimum Gasteiger partial charge on any atom is -0.459 e. The van der Waals surface area contributed by atoms with Crippen LogP contribution in [0.1, 0.15) is 48.5 Å². The molecule has 0 bridgehead atoms. The van der Waals surface area contributed by atoms with Crippen molar-refractivity contribution in [1.82, 2.24) is 4.90 Å². The van der Waals surface area contributed by atoms with Crippen molar-refractivity contribution in [2.24, 2.45) is 11.3 Å². The first kappa shape index (κ1) is 22.9. The molecule has 2 aliphatic rings. The molecule has 2 rings (SSSR count). The predicted octanol–water partition coefficient (Wildman–Crippen LogP) is 1.75. The van der Waals surface area contributed by atoms with Crippen molar-refractivity contribution < 1.29 is 38.2 Å². The Hall–Kier alpha value is -2.36. The van der Waals surface area contributed by atoms with E-state index in [0.717, 1.165) is 11.8 Å². The van der Waals surface area contributed by atoms with Crippen LogP contribution in [0, 0.1) is 11.3 Å². The number of amides is 1. The monoisotopic (exact) mass is 427 g/mol. The number of fused-ring (bicyclic) bond motifs is 1. The van der Waals surface area contributed by atoms with E-state index in [-0.39, 0.29) is 16.4 Å². The van der Waals surface area contributed by atoms with E-state index in [1.165, 1.54) is 18.7 Å². The van der Waals surface area contributed by atoms with Crippen molar-refractivity contribution in [3.63, 3.8) is 0 Å². The third-order valence-corrected chi connectivity index (χ3v) is 5.76. The lowest BCUT2D eigenvalue weighted by Crippen LogP contribution is -2.68. The average molecular weight is 427 g/mol. The summed E-state index contributed by atoms with van der Waals surface area (Å²) in [6.07, 6.45) is 0. The molecule has 29 heavy (non-hydrogen) atoms. The smallest absolute Gasteiger partial charge is 0.358 e. The fourth-order valence-corrected chi connectivity index (χ4v) is 4.43. The van der Waals surface area contributed by atoms with Crippen molar-refractivity contribution in [3.05, 3.63) is 11.3 Å². The summed E-state index contributed by atoms with van der Waals surface area (Å²) in [5.41, 5.74) is -2.05. The van der Waals surface area contributed by atoms with Crippen LogP contribution in [0.5, 0.6) is 0 Å². The first-order chi connectivity index (χ1) is 13.2. The van der Waals surface area contributed by atoms with Gasteiger partial charge >= 0.3 is 17.9 Å². The molecule has 0 N–H and O–H groups in total. The summed E-state index contributed by atoms with van der Waals surface area (Å²) < 4.78 is 15.1. The Kier molecular flexibility index (Phi) is 6.18. The van der Waals surface area contributed by atoms with E-state index >= 15 is 0 Å². The second-order valence-electron chi connectivity index (χ2n) is 8.38. The van der Waals surface area contributed by atoms with Crippen LogP contribution >= 0.6 is 11.8 Å². The van der Waals surface area contributed by atoms with Crippen LogP contribution in [0.3, 0.4) is 0 Å². The van der Waals surface area contributed by atoms with Crippen LogP contribution in [0.25, 0.3) is 0 Å². The van der Waals surface area contributed by atoms with Crippen LogP contribution < -0.4 is 0 Å². The van der Waals surface area contributed by atoms with E-state index in [0.29, 0.717) is 0 Å². The highest BCUT2D eigenvalue weighted by molar-refractivity contribution is 8.14. The molecule has 1 fully saturated rings. The Morgan fingerprint density at radius 2 is 1.66 bits per heavy atom. The molecule has 0 aromatic carbocycles. The summed E-state index contributed by atoms with van der Waals surface area (Å²) in [5, 5.41) is -1.09. The Labute approximate surface area is 173 Å². The van der Waals surface area contributed by atoms with Gasteiger partial charge in [0.15, 0.2) is 0 Å². The number of carbonyl (C=O) groups excluding carboxylic acids is 5. The van der Waals surface area contributed by atoms with Gasteiger partial charge in [-0.25, -0.2) is 4.79 Å². The van der Waals surface area contributed by atoms with Gasteiger partial charge in [-0.1, -0.05) is 11.8 Å². The molecule has 160 valence electrons. The number of rotatable bonds is 5. The van der Waals surface area contributed by atoms with Crippen LogP contribution in [-0.2, 0) is 38.2 Å². The SMILES string of the molecule is CC(=O)OC(C)(C)[C@H]1C(=O)N2C(C(=O)OCOC(=O)C(C)(C)C)=C(C)C(=O)S[C@@H]12. The van der Waals surface area contributed by atoms with Crippen molar-refractivity contribution >= 4 is 40.7 Å². The Bertz CT molecular complexity index is 808. The van der Waals surface area contributed by atoms with Gasteiger partial charge < -0.3 is 14.2 Å². The Morgan fingerprint density at radius 3 is 2.17 bits per heavy atom. The van der Waals surface area contributed by atoms with Gasteiger partial charge in [-0.2, -0.15) is 0 Å². The highest BCUT2D eigenvalue weighted by atomic mass is 32.2. The molecule has 1 saturated heterocycles. The summed E-state index contributed by atoms with van der Waals surface area (Å²) in [6.45, 7) is 10.1.